The Morgan fingerprint density at radius 2 is 2.26 bits per heavy atom. The van der Waals surface area contributed by atoms with E-state index in [4.69, 9.17) is 5.73 Å². The average molecular weight is 281 g/mol. The van der Waals surface area contributed by atoms with Gasteiger partial charge in [-0.2, -0.15) is 11.3 Å². The number of likely N-dealkylation sites (N-methyl/N-ethyl adjacent to an activating group) is 1. The van der Waals surface area contributed by atoms with Crippen LogP contribution >= 0.6 is 11.3 Å². The molecular formula is C15H27N3S. The molecule has 0 aromatic carbocycles. The van der Waals surface area contributed by atoms with Gasteiger partial charge in [-0.3, -0.25) is 4.90 Å². The molecule has 1 aromatic heterocycles. The minimum atomic E-state index is 0.186. The lowest BCUT2D eigenvalue weighted by Crippen LogP contribution is -2.52. The van der Waals surface area contributed by atoms with E-state index in [0.717, 1.165) is 19.6 Å². The van der Waals surface area contributed by atoms with E-state index in [2.05, 4.69) is 40.6 Å². The number of nitrogens with two attached hydrogens (primary N) is 1. The van der Waals surface area contributed by atoms with Crippen molar-refractivity contribution in [1.82, 2.24) is 9.80 Å². The van der Waals surface area contributed by atoms with Crippen molar-refractivity contribution in [2.75, 3.05) is 33.2 Å². The molecule has 2 rings (SSSR count). The molecule has 1 aliphatic rings. The third-order valence-corrected chi connectivity index (χ3v) is 5.38. The Hall–Kier alpha value is -0.420. The Morgan fingerprint density at radius 1 is 1.42 bits per heavy atom. The minimum Gasteiger partial charge on any atom is -0.329 e. The fourth-order valence-corrected chi connectivity index (χ4v) is 3.78. The molecule has 1 saturated heterocycles. The van der Waals surface area contributed by atoms with Gasteiger partial charge in [0.25, 0.3) is 0 Å². The maximum absolute atomic E-state index is 6.17. The molecule has 19 heavy (non-hydrogen) atoms. The van der Waals surface area contributed by atoms with Crippen LogP contribution in [0.1, 0.15) is 31.7 Å². The summed E-state index contributed by atoms with van der Waals surface area (Å²) in [5, 5.41) is 4.40. The molecule has 0 spiro atoms. The molecule has 4 heteroatoms. The van der Waals surface area contributed by atoms with Crippen LogP contribution in [0.2, 0.25) is 0 Å². The zero-order valence-electron chi connectivity index (χ0n) is 12.3. The fraction of sp³-hybridized carbons (Fsp3) is 0.733. The van der Waals surface area contributed by atoms with E-state index in [1.165, 1.54) is 37.9 Å². The second kappa shape index (κ2) is 6.84. The van der Waals surface area contributed by atoms with Crippen LogP contribution in [0.3, 0.4) is 0 Å². The maximum atomic E-state index is 6.17. The van der Waals surface area contributed by atoms with E-state index >= 15 is 0 Å². The van der Waals surface area contributed by atoms with Crippen molar-refractivity contribution < 1.29 is 0 Å². The summed E-state index contributed by atoms with van der Waals surface area (Å²) in [7, 11) is 2.24. The molecule has 1 fully saturated rings. The van der Waals surface area contributed by atoms with Gasteiger partial charge in [-0.25, -0.2) is 0 Å². The molecule has 0 amide bonds. The lowest BCUT2D eigenvalue weighted by Gasteiger charge is -2.41. The van der Waals surface area contributed by atoms with Gasteiger partial charge < -0.3 is 10.6 Å². The van der Waals surface area contributed by atoms with Crippen molar-refractivity contribution in [3.8, 4) is 0 Å². The van der Waals surface area contributed by atoms with Gasteiger partial charge in [-0.1, -0.05) is 6.92 Å². The minimum absolute atomic E-state index is 0.186. The summed E-state index contributed by atoms with van der Waals surface area (Å²) in [5.41, 5.74) is 7.77. The fourth-order valence-electron chi connectivity index (χ4n) is 3.12. The van der Waals surface area contributed by atoms with Crippen molar-refractivity contribution in [3.05, 3.63) is 22.4 Å². The van der Waals surface area contributed by atoms with Gasteiger partial charge in [-0.15, -0.1) is 0 Å². The highest BCUT2D eigenvalue weighted by Gasteiger charge is 2.34. The van der Waals surface area contributed by atoms with Crippen LogP contribution in [-0.4, -0.2) is 48.6 Å². The topological polar surface area (TPSA) is 32.5 Å². The summed E-state index contributed by atoms with van der Waals surface area (Å²) in [4.78, 5) is 5.05. The lowest BCUT2D eigenvalue weighted by atomic mass is 9.88. The average Bonchev–Trinajstić information content (AvgIpc) is 2.83. The first-order valence-corrected chi connectivity index (χ1v) is 8.29. The van der Waals surface area contributed by atoms with Gasteiger partial charge in [0, 0.05) is 18.6 Å². The molecule has 108 valence electrons. The number of likely N-dealkylation sites (tertiary alicyclic amines) is 1. The van der Waals surface area contributed by atoms with Crippen molar-refractivity contribution in [2.24, 2.45) is 5.73 Å². The normalized spacial score (nSPS) is 25.7. The van der Waals surface area contributed by atoms with E-state index in [0.29, 0.717) is 0 Å². The van der Waals surface area contributed by atoms with Crippen molar-refractivity contribution in [3.63, 3.8) is 0 Å². The Balaban J connectivity index is 2.04. The number of hydrogen-bond acceptors (Lipinski definition) is 4. The molecule has 3 nitrogen and oxygen atoms in total. The highest BCUT2D eigenvalue weighted by Crippen LogP contribution is 2.28. The third kappa shape index (κ3) is 3.57. The van der Waals surface area contributed by atoms with Crippen LogP contribution in [0.25, 0.3) is 0 Å². The molecule has 1 atom stereocenters. The molecule has 0 radical (unpaired) electrons. The first kappa shape index (κ1) is 15.0. The van der Waals surface area contributed by atoms with E-state index in [1.807, 2.05) is 0 Å². The van der Waals surface area contributed by atoms with Crippen molar-refractivity contribution >= 4 is 11.3 Å². The zero-order valence-corrected chi connectivity index (χ0v) is 13.1. The second-order valence-corrected chi connectivity index (χ2v) is 6.48. The quantitative estimate of drug-likeness (QED) is 0.899. The summed E-state index contributed by atoms with van der Waals surface area (Å²) in [6.45, 7) is 7.61. The van der Waals surface area contributed by atoms with Crippen LogP contribution in [-0.2, 0) is 6.54 Å². The first-order chi connectivity index (χ1) is 9.20. The Kier molecular flexibility index (Phi) is 5.39. The molecular weight excluding hydrogens is 254 g/mol. The maximum Gasteiger partial charge on any atom is 0.0344 e. The summed E-state index contributed by atoms with van der Waals surface area (Å²) < 4.78 is 0. The van der Waals surface area contributed by atoms with E-state index in [9.17, 15) is 0 Å². The largest absolute Gasteiger partial charge is 0.329 e. The molecule has 0 bridgehead atoms. The van der Waals surface area contributed by atoms with Gasteiger partial charge in [0.1, 0.15) is 0 Å². The highest BCUT2D eigenvalue weighted by atomic mass is 32.1. The van der Waals surface area contributed by atoms with Gasteiger partial charge in [-0.05, 0) is 68.3 Å². The molecule has 2 N–H and O–H groups in total. The predicted molar refractivity (Wildman–Crippen MR) is 83.5 cm³/mol. The van der Waals surface area contributed by atoms with E-state index in [1.54, 1.807) is 11.3 Å². The monoisotopic (exact) mass is 281 g/mol. The molecule has 0 saturated carbocycles. The van der Waals surface area contributed by atoms with Crippen molar-refractivity contribution in [2.45, 2.75) is 38.3 Å². The molecule has 0 aliphatic carbocycles. The molecule has 1 aliphatic heterocycles. The number of hydrogen-bond donors (Lipinski definition) is 1. The van der Waals surface area contributed by atoms with Crippen LogP contribution < -0.4 is 5.73 Å². The molecule has 1 unspecified atom stereocenters. The van der Waals surface area contributed by atoms with Crippen LogP contribution in [0, 0.1) is 0 Å². The second-order valence-electron chi connectivity index (χ2n) is 5.70. The molecule has 2 heterocycles. The Morgan fingerprint density at radius 3 is 2.89 bits per heavy atom. The van der Waals surface area contributed by atoms with Crippen LogP contribution in [0.4, 0.5) is 0 Å². The Labute approximate surface area is 121 Å². The van der Waals surface area contributed by atoms with E-state index < -0.39 is 0 Å². The van der Waals surface area contributed by atoms with Crippen LogP contribution in [0.15, 0.2) is 16.8 Å². The van der Waals surface area contributed by atoms with Gasteiger partial charge in [0.2, 0.25) is 0 Å². The Bertz CT molecular complexity index is 365. The van der Waals surface area contributed by atoms with Crippen molar-refractivity contribution in [1.29, 1.82) is 0 Å². The predicted octanol–water partition coefficient (Wildman–Crippen LogP) is 2.38. The summed E-state index contributed by atoms with van der Waals surface area (Å²) in [6, 6.07) is 2.22. The number of rotatable bonds is 5. The van der Waals surface area contributed by atoms with Gasteiger partial charge in [0.05, 0.1) is 0 Å². The highest BCUT2D eigenvalue weighted by molar-refractivity contribution is 7.07. The number of thiophene rings is 1. The standard InChI is InChI=1S/C15H27N3S/c1-3-18-8-4-6-15(13-16,7-9-18)17(2)11-14-5-10-19-12-14/h5,10,12H,3-4,6-9,11,13,16H2,1-2H3. The third-order valence-electron chi connectivity index (χ3n) is 4.65. The van der Waals surface area contributed by atoms with Crippen LogP contribution in [0.5, 0.6) is 0 Å². The summed E-state index contributed by atoms with van der Waals surface area (Å²) in [6.07, 6.45) is 3.68. The SMILES string of the molecule is CCN1CCCC(CN)(N(C)Cc2ccsc2)CC1. The summed E-state index contributed by atoms with van der Waals surface area (Å²) >= 11 is 1.78. The van der Waals surface area contributed by atoms with Gasteiger partial charge >= 0.3 is 0 Å². The smallest absolute Gasteiger partial charge is 0.0344 e. The van der Waals surface area contributed by atoms with E-state index in [-0.39, 0.29) is 5.54 Å². The number of nitrogens with zero attached hydrogens (tertiary/aromatic N) is 2. The first-order valence-electron chi connectivity index (χ1n) is 7.35. The lowest BCUT2D eigenvalue weighted by molar-refractivity contribution is 0.0996. The summed E-state index contributed by atoms with van der Waals surface area (Å²) in [5.74, 6) is 0. The zero-order chi connectivity index (χ0) is 13.7. The molecule has 1 aromatic rings. The van der Waals surface area contributed by atoms with Gasteiger partial charge in [0.15, 0.2) is 0 Å².